The van der Waals surface area contributed by atoms with Gasteiger partial charge in [-0.05, 0) is 6.42 Å². The zero-order valence-electron chi connectivity index (χ0n) is 26.5. The van der Waals surface area contributed by atoms with E-state index in [0.717, 1.165) is 0 Å². The monoisotopic (exact) mass is 734 g/mol. The summed E-state index contributed by atoms with van der Waals surface area (Å²) in [6.45, 7) is -0.116. The first-order valence-corrected chi connectivity index (χ1v) is 15.7. The smallest absolute Gasteiger partial charge is 0.338 e. The topological polar surface area (TPSA) is 383 Å². The molecule has 0 aromatic rings. The first kappa shape index (κ1) is 40.9. The fraction of sp³-hybridized carbons (Fsp3) is 0.926. The number of aliphatic carboxylic acids is 1. The Morgan fingerprint density at radius 2 is 1.12 bits per heavy atom. The summed E-state index contributed by atoms with van der Waals surface area (Å²) in [5.41, 5.74) is 12.0. The predicted octanol–water partition coefficient (Wildman–Crippen LogP) is -8.76. The fourth-order valence-corrected chi connectivity index (χ4v) is 5.85. The molecule has 23 nitrogen and oxygen atoms in total. The molecule has 290 valence electrons. The lowest BCUT2D eigenvalue weighted by Gasteiger charge is -2.48. The molecule has 0 aromatic carbocycles. The second-order valence-corrected chi connectivity index (χ2v) is 12.2. The van der Waals surface area contributed by atoms with Crippen LogP contribution in [-0.2, 0) is 47.5 Å². The average Bonchev–Trinajstić information content (AvgIpc) is 3.09. The maximum Gasteiger partial charge on any atom is 0.338 e. The summed E-state index contributed by atoms with van der Waals surface area (Å²) in [6.07, 6.45) is -33.0. The van der Waals surface area contributed by atoms with Crippen molar-refractivity contribution in [3.8, 4) is 0 Å². The minimum atomic E-state index is -2.14. The summed E-state index contributed by atoms with van der Waals surface area (Å²) in [4.78, 5) is 24.8. The van der Waals surface area contributed by atoms with Gasteiger partial charge in [-0.25, -0.2) is 9.59 Å². The van der Waals surface area contributed by atoms with Gasteiger partial charge in [-0.3, -0.25) is 0 Å². The summed E-state index contributed by atoms with van der Waals surface area (Å²) in [6, 6.07) is -3.15. The third-order valence-electron chi connectivity index (χ3n) is 8.73. The number of aliphatic hydroxyl groups excluding tert-OH is 10. The third kappa shape index (κ3) is 8.36. The first-order chi connectivity index (χ1) is 23.6. The fourth-order valence-electron chi connectivity index (χ4n) is 5.85. The number of ether oxygens (including phenoxy) is 8. The van der Waals surface area contributed by atoms with Gasteiger partial charge in [0, 0.05) is 0 Å². The van der Waals surface area contributed by atoms with Crippen molar-refractivity contribution in [3.63, 3.8) is 0 Å². The van der Waals surface area contributed by atoms with Gasteiger partial charge in [0.2, 0.25) is 0 Å². The highest BCUT2D eigenvalue weighted by atomic mass is 16.8. The van der Waals surface area contributed by atoms with E-state index in [2.05, 4.69) is 0 Å². The lowest BCUT2D eigenvalue weighted by atomic mass is 9.94. The number of carboxylic acids is 1. The highest BCUT2D eigenvalue weighted by molar-refractivity contribution is 5.76. The van der Waals surface area contributed by atoms with E-state index in [1.807, 2.05) is 0 Å². The highest BCUT2D eigenvalue weighted by Gasteiger charge is 2.56. The molecule has 0 bridgehead atoms. The maximum absolute atomic E-state index is 12.6. The molecule has 0 unspecified atom stereocenters. The molecule has 0 saturated carbocycles. The van der Waals surface area contributed by atoms with E-state index in [9.17, 15) is 65.8 Å². The van der Waals surface area contributed by atoms with Crippen LogP contribution in [0, 0.1) is 0 Å². The SMILES string of the molecule is CCCOC(=O)[C@H]1O[C@H](O)[C@@H](O)[C@H](O)[C@H]1O[C@@H]1O[C@@H](CO)[C@H](O[C@H]2O[C@H](C(=O)O)[C@H](O[C@@H]3O[C@@H](CO)[C@H](O)[C@@H](O)[C@@H]3N)[C@@H](O)[C@@H]2O)[C@@H](O)[C@@H]1N. The van der Waals surface area contributed by atoms with Gasteiger partial charge in [-0.1, -0.05) is 6.92 Å². The molecule has 4 saturated heterocycles. The molecule has 15 N–H and O–H groups in total. The number of hydrogen-bond donors (Lipinski definition) is 13. The Balaban J connectivity index is 1.48. The average molecular weight is 735 g/mol. The number of carbonyl (C=O) groups excluding carboxylic acids is 1. The summed E-state index contributed by atoms with van der Waals surface area (Å²) in [5.74, 6) is -2.84. The van der Waals surface area contributed by atoms with Crippen LogP contribution in [0.15, 0.2) is 0 Å². The number of carboxylic acid groups (broad SMARTS) is 1. The van der Waals surface area contributed by atoms with E-state index in [1.54, 1.807) is 6.92 Å². The minimum Gasteiger partial charge on any atom is -0.479 e. The van der Waals surface area contributed by atoms with Crippen molar-refractivity contribution in [2.75, 3.05) is 19.8 Å². The highest BCUT2D eigenvalue weighted by Crippen LogP contribution is 2.34. The number of aliphatic hydroxyl groups is 10. The Hall–Kier alpha value is -1.82. The Morgan fingerprint density at radius 1 is 0.600 bits per heavy atom. The summed E-state index contributed by atoms with van der Waals surface area (Å²) < 4.78 is 43.1. The van der Waals surface area contributed by atoms with E-state index in [4.69, 9.17) is 49.4 Å². The largest absolute Gasteiger partial charge is 0.479 e. The van der Waals surface area contributed by atoms with Crippen LogP contribution >= 0.6 is 0 Å². The van der Waals surface area contributed by atoms with Crippen LogP contribution in [0.5, 0.6) is 0 Å². The molecule has 4 fully saturated rings. The quantitative estimate of drug-likeness (QED) is 0.0828. The summed E-state index contributed by atoms with van der Waals surface area (Å²) in [7, 11) is 0. The van der Waals surface area contributed by atoms with Gasteiger partial charge < -0.3 is 106 Å². The maximum atomic E-state index is 12.6. The summed E-state index contributed by atoms with van der Waals surface area (Å²) in [5, 5.41) is 113. The molecule has 4 heterocycles. The van der Waals surface area contributed by atoms with Crippen molar-refractivity contribution in [3.05, 3.63) is 0 Å². The van der Waals surface area contributed by atoms with Crippen LogP contribution in [0.3, 0.4) is 0 Å². The molecule has 0 aliphatic carbocycles. The molecule has 50 heavy (non-hydrogen) atoms. The predicted molar refractivity (Wildman–Crippen MR) is 153 cm³/mol. The molecule has 0 radical (unpaired) electrons. The van der Waals surface area contributed by atoms with Gasteiger partial charge in [0.15, 0.2) is 37.4 Å². The Labute approximate surface area is 283 Å². The normalized spacial score (nSPS) is 48.6. The first-order valence-electron chi connectivity index (χ1n) is 15.7. The van der Waals surface area contributed by atoms with Crippen LogP contribution < -0.4 is 11.5 Å². The number of nitrogens with two attached hydrogens (primary N) is 2. The molecule has 4 aliphatic rings. The Morgan fingerprint density at radius 3 is 1.68 bits per heavy atom. The van der Waals surface area contributed by atoms with E-state index in [1.165, 1.54) is 0 Å². The van der Waals surface area contributed by atoms with Crippen molar-refractivity contribution in [2.45, 2.75) is 136 Å². The van der Waals surface area contributed by atoms with E-state index in [0.29, 0.717) is 6.42 Å². The molecule has 4 rings (SSSR count). The summed E-state index contributed by atoms with van der Waals surface area (Å²) >= 11 is 0. The molecular weight excluding hydrogens is 688 g/mol. The Bertz CT molecular complexity index is 1120. The molecule has 4 aliphatic heterocycles. The van der Waals surface area contributed by atoms with Gasteiger partial charge in [0.25, 0.3) is 0 Å². The number of esters is 1. The van der Waals surface area contributed by atoms with Crippen LogP contribution in [0.1, 0.15) is 13.3 Å². The van der Waals surface area contributed by atoms with E-state index >= 15 is 0 Å². The lowest BCUT2D eigenvalue weighted by Crippen LogP contribution is -2.69. The van der Waals surface area contributed by atoms with E-state index in [-0.39, 0.29) is 6.61 Å². The van der Waals surface area contributed by atoms with Gasteiger partial charge in [0.05, 0.1) is 31.9 Å². The molecule has 20 atom stereocenters. The molecule has 0 amide bonds. The van der Waals surface area contributed by atoms with Crippen LogP contribution in [0.2, 0.25) is 0 Å². The van der Waals surface area contributed by atoms with Crippen molar-refractivity contribution >= 4 is 11.9 Å². The van der Waals surface area contributed by atoms with Crippen molar-refractivity contribution in [1.29, 1.82) is 0 Å². The van der Waals surface area contributed by atoms with Gasteiger partial charge in [0.1, 0.15) is 73.2 Å². The van der Waals surface area contributed by atoms with Crippen LogP contribution in [0.4, 0.5) is 0 Å². The second kappa shape index (κ2) is 17.3. The molecule has 0 aromatic heterocycles. The zero-order valence-corrected chi connectivity index (χ0v) is 26.5. The minimum absolute atomic E-state index is 0.0668. The molecule has 23 heteroatoms. The van der Waals surface area contributed by atoms with Gasteiger partial charge in [-0.2, -0.15) is 0 Å². The second-order valence-electron chi connectivity index (χ2n) is 12.2. The zero-order chi connectivity index (χ0) is 37.2. The Kier molecular flexibility index (Phi) is 14.2. The van der Waals surface area contributed by atoms with Crippen molar-refractivity contribution < 1.29 is 104 Å². The van der Waals surface area contributed by atoms with Gasteiger partial charge in [-0.15, -0.1) is 0 Å². The number of carbonyl (C=O) groups is 2. The van der Waals surface area contributed by atoms with Crippen molar-refractivity contribution in [1.82, 2.24) is 0 Å². The van der Waals surface area contributed by atoms with Crippen LogP contribution in [-0.4, -0.2) is 211 Å². The third-order valence-corrected chi connectivity index (χ3v) is 8.73. The standard InChI is InChI=1S/C27H46N2O21/c1-2-3-43-24(42)21-19(13(35)15(37)23(41)46-21)49-26-9(29)12(34)17(7(5-31)45-26)47-27-16(38)14(36)18(20(50-27)22(39)40)48-25-8(28)11(33)10(32)6(4-30)44-25/h6-21,23,25-27,30-38,41H,2-5,28-29H2,1H3,(H,39,40)/t6-,7-,8-,9-,10-,11-,12-,13-,14-,15-,16-,17-,18+,19+,20-,21-,23-,25-,26-,27-/m0/s1. The van der Waals surface area contributed by atoms with Crippen LogP contribution in [0.25, 0.3) is 0 Å². The number of hydrogen-bond acceptors (Lipinski definition) is 22. The lowest BCUT2D eigenvalue weighted by molar-refractivity contribution is -0.369. The van der Waals surface area contributed by atoms with E-state index < -0.39 is 148 Å². The number of rotatable bonds is 12. The molecular formula is C27H46N2O21. The van der Waals surface area contributed by atoms with Crippen molar-refractivity contribution in [2.24, 2.45) is 11.5 Å². The molecule has 0 spiro atoms. The van der Waals surface area contributed by atoms with Gasteiger partial charge >= 0.3 is 11.9 Å².